The molecule has 0 spiro atoms. The van der Waals surface area contributed by atoms with Gasteiger partial charge in [0.15, 0.2) is 5.13 Å². The Hall–Kier alpha value is -2.56. The van der Waals surface area contributed by atoms with Crippen LogP contribution in [0.5, 0.6) is 0 Å². The lowest BCUT2D eigenvalue weighted by molar-refractivity contribution is -0.134. The van der Waals surface area contributed by atoms with Crippen molar-refractivity contribution in [1.82, 2.24) is 4.98 Å². The molecule has 1 atom stereocenters. The van der Waals surface area contributed by atoms with E-state index in [4.69, 9.17) is 0 Å². The summed E-state index contributed by atoms with van der Waals surface area (Å²) in [6, 6.07) is 2.56. The summed E-state index contributed by atoms with van der Waals surface area (Å²) in [6.07, 6.45) is -4.20. The second-order valence-electron chi connectivity index (χ2n) is 5.55. The second kappa shape index (κ2) is 6.63. The van der Waals surface area contributed by atoms with Crippen LogP contribution in [0.3, 0.4) is 0 Å². The first-order chi connectivity index (χ1) is 12.1. The predicted molar refractivity (Wildman–Crippen MR) is 82.6 cm³/mol. The number of anilines is 2. The first kappa shape index (κ1) is 18.2. The minimum atomic E-state index is -4.57. The van der Waals surface area contributed by atoms with Crippen molar-refractivity contribution in [2.45, 2.75) is 12.6 Å². The van der Waals surface area contributed by atoms with E-state index in [-0.39, 0.29) is 35.1 Å². The van der Waals surface area contributed by atoms with Gasteiger partial charge in [-0.1, -0.05) is 11.3 Å². The Morgan fingerprint density at radius 3 is 2.46 bits per heavy atom. The van der Waals surface area contributed by atoms with Gasteiger partial charge in [0.25, 0.3) is 0 Å². The molecular formula is C15H10F5N3O2S. The summed E-state index contributed by atoms with van der Waals surface area (Å²) in [6.45, 7) is -0.148. The maximum absolute atomic E-state index is 13.3. The van der Waals surface area contributed by atoms with Crippen molar-refractivity contribution >= 4 is 34.0 Å². The molecule has 11 heteroatoms. The fourth-order valence-corrected chi connectivity index (χ4v) is 3.18. The lowest BCUT2D eigenvalue weighted by Crippen LogP contribution is -2.28. The zero-order chi connectivity index (χ0) is 19.1. The summed E-state index contributed by atoms with van der Waals surface area (Å²) >= 11 is 0.263. The molecule has 0 saturated carbocycles. The van der Waals surface area contributed by atoms with Crippen LogP contribution in [0.1, 0.15) is 11.3 Å². The number of nitrogens with zero attached hydrogens (tertiary/aromatic N) is 2. The highest BCUT2D eigenvalue weighted by Gasteiger charge is 2.37. The van der Waals surface area contributed by atoms with E-state index in [0.29, 0.717) is 12.3 Å². The Balaban J connectivity index is 1.70. The van der Waals surface area contributed by atoms with E-state index >= 15 is 0 Å². The quantitative estimate of drug-likeness (QED) is 0.816. The van der Waals surface area contributed by atoms with Gasteiger partial charge in [-0.15, -0.1) is 0 Å². The summed E-state index contributed by atoms with van der Waals surface area (Å²) in [5, 5.41) is 1.99. The molecule has 0 aliphatic carbocycles. The first-order valence-corrected chi connectivity index (χ1v) is 8.05. The number of hydrogen-bond acceptors (Lipinski definition) is 4. The number of nitrogens with one attached hydrogen (secondary N) is 1. The van der Waals surface area contributed by atoms with Crippen LogP contribution in [0.2, 0.25) is 0 Å². The van der Waals surface area contributed by atoms with Gasteiger partial charge in [-0.2, -0.15) is 13.2 Å². The van der Waals surface area contributed by atoms with Crippen LogP contribution in [0.4, 0.5) is 32.8 Å². The van der Waals surface area contributed by atoms with Gasteiger partial charge in [-0.25, -0.2) is 13.8 Å². The SMILES string of the molecule is O=C(Nc1ncc(C(F)(F)F)s1)C1CC(=O)N(c2cc(F)cc(F)c2)C1. The molecular weight excluding hydrogens is 381 g/mol. The number of amides is 2. The average molecular weight is 391 g/mol. The number of rotatable bonds is 3. The van der Waals surface area contributed by atoms with Gasteiger partial charge < -0.3 is 10.2 Å². The summed E-state index contributed by atoms with van der Waals surface area (Å²) in [5.74, 6) is -3.84. The Morgan fingerprint density at radius 2 is 1.88 bits per heavy atom. The first-order valence-electron chi connectivity index (χ1n) is 7.24. The molecule has 1 aromatic carbocycles. The molecule has 1 N–H and O–H groups in total. The molecule has 1 saturated heterocycles. The number of hydrogen-bond donors (Lipinski definition) is 1. The molecule has 2 heterocycles. The number of alkyl halides is 3. The Morgan fingerprint density at radius 1 is 1.23 bits per heavy atom. The highest BCUT2D eigenvalue weighted by atomic mass is 32.1. The van der Waals surface area contributed by atoms with E-state index < -0.39 is 40.4 Å². The number of carbonyl (C=O) groups excluding carboxylic acids is 2. The monoisotopic (exact) mass is 391 g/mol. The fraction of sp³-hybridized carbons (Fsp3) is 0.267. The number of benzene rings is 1. The normalized spacial score (nSPS) is 17.7. The predicted octanol–water partition coefficient (Wildman–Crippen LogP) is 3.43. The van der Waals surface area contributed by atoms with Gasteiger partial charge in [-0.3, -0.25) is 9.59 Å². The molecule has 0 radical (unpaired) electrons. The summed E-state index contributed by atoms with van der Waals surface area (Å²) < 4.78 is 64.2. The highest BCUT2D eigenvalue weighted by Crippen LogP contribution is 2.35. The molecule has 138 valence electrons. The third kappa shape index (κ3) is 3.82. The third-order valence-corrected chi connectivity index (χ3v) is 4.63. The summed E-state index contributed by atoms with van der Waals surface area (Å²) in [4.78, 5) is 27.8. The van der Waals surface area contributed by atoms with E-state index in [9.17, 15) is 31.5 Å². The molecule has 2 amide bonds. The van der Waals surface area contributed by atoms with Gasteiger partial charge in [0.2, 0.25) is 11.8 Å². The van der Waals surface area contributed by atoms with Gasteiger partial charge >= 0.3 is 6.18 Å². The number of carbonyl (C=O) groups is 2. The van der Waals surface area contributed by atoms with Crippen LogP contribution in [0, 0.1) is 17.6 Å². The maximum Gasteiger partial charge on any atom is 0.427 e. The number of thiazole rings is 1. The van der Waals surface area contributed by atoms with Gasteiger partial charge in [-0.05, 0) is 12.1 Å². The molecule has 5 nitrogen and oxygen atoms in total. The van der Waals surface area contributed by atoms with Crippen LogP contribution in [-0.4, -0.2) is 23.3 Å². The third-order valence-electron chi connectivity index (χ3n) is 3.67. The minimum absolute atomic E-state index is 0.0311. The highest BCUT2D eigenvalue weighted by molar-refractivity contribution is 7.15. The van der Waals surface area contributed by atoms with Crippen LogP contribution < -0.4 is 10.2 Å². The van der Waals surface area contributed by atoms with E-state index in [2.05, 4.69) is 10.3 Å². The van der Waals surface area contributed by atoms with Crippen molar-refractivity contribution < 1.29 is 31.5 Å². The maximum atomic E-state index is 13.3. The van der Waals surface area contributed by atoms with Crippen LogP contribution in [0.15, 0.2) is 24.4 Å². The zero-order valence-corrected chi connectivity index (χ0v) is 13.6. The van der Waals surface area contributed by atoms with Crippen LogP contribution >= 0.6 is 11.3 Å². The van der Waals surface area contributed by atoms with E-state index in [1.807, 2.05) is 0 Å². The zero-order valence-electron chi connectivity index (χ0n) is 12.8. The molecule has 1 aliphatic heterocycles. The van der Waals surface area contributed by atoms with Crippen molar-refractivity contribution in [1.29, 1.82) is 0 Å². The Kier molecular flexibility index (Phi) is 4.65. The molecule has 1 unspecified atom stereocenters. The topological polar surface area (TPSA) is 62.3 Å². The standard InChI is InChI=1S/C15H10F5N3O2S/c16-8-2-9(17)4-10(3-8)23-6-7(1-12(23)24)13(25)22-14-21-5-11(26-14)15(18,19)20/h2-5,7H,1,6H2,(H,21,22,25). The van der Waals surface area contributed by atoms with E-state index in [1.54, 1.807) is 0 Å². The largest absolute Gasteiger partial charge is 0.427 e. The summed E-state index contributed by atoms with van der Waals surface area (Å²) in [5.41, 5.74) is -0.0311. The van der Waals surface area contributed by atoms with Gasteiger partial charge in [0, 0.05) is 24.7 Å². The molecule has 2 aromatic rings. The number of halogens is 5. The van der Waals surface area contributed by atoms with Crippen molar-refractivity contribution in [2.24, 2.45) is 5.92 Å². The molecule has 0 bridgehead atoms. The molecule has 1 fully saturated rings. The van der Waals surface area contributed by atoms with Crippen LogP contribution in [-0.2, 0) is 15.8 Å². The second-order valence-corrected chi connectivity index (χ2v) is 6.58. The summed E-state index contributed by atoms with van der Waals surface area (Å²) in [7, 11) is 0. The van der Waals surface area contributed by atoms with Gasteiger partial charge in [0.05, 0.1) is 12.1 Å². The van der Waals surface area contributed by atoms with Crippen molar-refractivity contribution in [3.63, 3.8) is 0 Å². The average Bonchev–Trinajstić information content (AvgIpc) is 3.12. The minimum Gasteiger partial charge on any atom is -0.311 e. The molecule has 1 aromatic heterocycles. The molecule has 26 heavy (non-hydrogen) atoms. The number of aromatic nitrogens is 1. The smallest absolute Gasteiger partial charge is 0.311 e. The van der Waals surface area contributed by atoms with E-state index in [1.165, 1.54) is 0 Å². The lowest BCUT2D eigenvalue weighted by atomic mass is 10.1. The van der Waals surface area contributed by atoms with Gasteiger partial charge in [0.1, 0.15) is 16.5 Å². The van der Waals surface area contributed by atoms with Crippen molar-refractivity contribution in [2.75, 3.05) is 16.8 Å². The Labute approximate surface area is 147 Å². The van der Waals surface area contributed by atoms with Crippen molar-refractivity contribution in [3.8, 4) is 0 Å². The Bertz CT molecular complexity index is 847. The fourth-order valence-electron chi connectivity index (χ4n) is 2.50. The molecule has 3 rings (SSSR count). The molecule has 1 aliphatic rings. The van der Waals surface area contributed by atoms with Crippen molar-refractivity contribution in [3.05, 3.63) is 40.9 Å². The van der Waals surface area contributed by atoms with E-state index in [0.717, 1.165) is 17.0 Å². The van der Waals surface area contributed by atoms with Crippen LogP contribution in [0.25, 0.3) is 0 Å². The lowest BCUT2D eigenvalue weighted by Gasteiger charge is -2.16.